The molecule has 3 nitrogen and oxygen atoms in total. The van der Waals surface area contributed by atoms with Crippen LogP contribution < -0.4 is 10.1 Å². The molecule has 0 amide bonds. The molecule has 0 fully saturated rings. The number of hydrogen-bond donors (Lipinski definition) is 2. The van der Waals surface area contributed by atoms with Crippen molar-refractivity contribution < 1.29 is 18.6 Å². The molecule has 0 aliphatic heterocycles. The Labute approximate surface area is 128 Å². The predicted octanol–water partition coefficient (Wildman–Crippen LogP) is 2.97. The number of benzene rings is 2. The first-order valence-electron chi connectivity index (χ1n) is 6.94. The molecule has 0 saturated carbocycles. The monoisotopic (exact) mass is 307 g/mol. The zero-order valence-corrected chi connectivity index (χ0v) is 12.6. The van der Waals surface area contributed by atoms with E-state index >= 15 is 0 Å². The number of rotatable bonds is 6. The minimum atomic E-state index is -1.43. The van der Waals surface area contributed by atoms with Gasteiger partial charge in [-0.1, -0.05) is 18.2 Å². The molecular weight excluding hydrogens is 288 g/mol. The molecular formula is C17H19F2NO2. The van der Waals surface area contributed by atoms with Crippen LogP contribution in [0, 0.1) is 11.6 Å². The van der Waals surface area contributed by atoms with Crippen LogP contribution in [-0.2, 0) is 12.1 Å². The quantitative estimate of drug-likeness (QED) is 0.862. The molecule has 118 valence electrons. The van der Waals surface area contributed by atoms with Crippen molar-refractivity contribution in [2.45, 2.75) is 19.1 Å². The first-order valence-corrected chi connectivity index (χ1v) is 6.94. The molecule has 0 heterocycles. The third-order valence-electron chi connectivity index (χ3n) is 3.47. The first-order chi connectivity index (χ1) is 10.4. The Morgan fingerprint density at radius 3 is 2.41 bits per heavy atom. The van der Waals surface area contributed by atoms with Crippen LogP contribution >= 0.6 is 0 Å². The molecule has 0 aliphatic rings. The lowest BCUT2D eigenvalue weighted by atomic mass is 9.95. The van der Waals surface area contributed by atoms with Gasteiger partial charge in [-0.05, 0) is 30.7 Å². The van der Waals surface area contributed by atoms with Gasteiger partial charge in [-0.25, -0.2) is 8.78 Å². The van der Waals surface area contributed by atoms with Crippen LogP contribution in [0.4, 0.5) is 8.78 Å². The summed E-state index contributed by atoms with van der Waals surface area (Å²) in [6, 6.07) is 10.7. The summed E-state index contributed by atoms with van der Waals surface area (Å²) in [4.78, 5) is 0. The summed E-state index contributed by atoms with van der Waals surface area (Å²) < 4.78 is 31.7. The average molecular weight is 307 g/mol. The molecule has 0 saturated heterocycles. The number of nitrogens with one attached hydrogen (secondary N) is 1. The van der Waals surface area contributed by atoms with Crippen LogP contribution in [0.3, 0.4) is 0 Å². The zero-order valence-electron chi connectivity index (χ0n) is 12.6. The summed E-state index contributed by atoms with van der Waals surface area (Å²) in [5.41, 5.74) is -0.350. The van der Waals surface area contributed by atoms with Gasteiger partial charge in [0.25, 0.3) is 0 Å². The van der Waals surface area contributed by atoms with Crippen molar-refractivity contribution >= 4 is 0 Å². The van der Waals surface area contributed by atoms with Gasteiger partial charge in [0.1, 0.15) is 23.0 Å². The third kappa shape index (κ3) is 4.02. The minimum absolute atomic E-state index is 0.0659. The van der Waals surface area contributed by atoms with E-state index in [2.05, 4.69) is 5.32 Å². The van der Waals surface area contributed by atoms with Gasteiger partial charge in [-0.2, -0.15) is 0 Å². The maximum absolute atomic E-state index is 13.7. The van der Waals surface area contributed by atoms with Gasteiger partial charge >= 0.3 is 0 Å². The van der Waals surface area contributed by atoms with E-state index in [1.807, 2.05) is 24.3 Å². The second kappa shape index (κ2) is 6.85. The Bertz CT molecular complexity index is 627. The molecule has 0 aromatic heterocycles. The van der Waals surface area contributed by atoms with E-state index in [0.717, 1.165) is 23.4 Å². The van der Waals surface area contributed by atoms with Crippen LogP contribution in [-0.4, -0.2) is 18.8 Å². The largest absolute Gasteiger partial charge is 0.497 e. The predicted molar refractivity (Wildman–Crippen MR) is 80.6 cm³/mol. The molecule has 0 radical (unpaired) electrons. The summed E-state index contributed by atoms with van der Waals surface area (Å²) in [7, 11) is 1.60. The molecule has 2 rings (SSSR count). The van der Waals surface area contributed by atoms with Gasteiger partial charge in [0.05, 0.1) is 7.11 Å². The van der Waals surface area contributed by atoms with Crippen molar-refractivity contribution in [3.63, 3.8) is 0 Å². The van der Waals surface area contributed by atoms with Crippen LogP contribution in [0.5, 0.6) is 5.75 Å². The highest BCUT2D eigenvalue weighted by molar-refractivity contribution is 5.27. The SMILES string of the molecule is COc1ccc(CNCC(C)(O)c2ccc(F)cc2F)cc1. The van der Waals surface area contributed by atoms with Gasteiger partial charge in [0.15, 0.2) is 0 Å². The van der Waals surface area contributed by atoms with Gasteiger partial charge in [0.2, 0.25) is 0 Å². The Hall–Kier alpha value is -1.98. The van der Waals surface area contributed by atoms with Crippen molar-refractivity contribution in [3.8, 4) is 5.75 Å². The van der Waals surface area contributed by atoms with Gasteiger partial charge in [0, 0.05) is 24.7 Å². The van der Waals surface area contributed by atoms with Crippen molar-refractivity contribution in [2.24, 2.45) is 0 Å². The van der Waals surface area contributed by atoms with Gasteiger partial charge < -0.3 is 15.2 Å². The van der Waals surface area contributed by atoms with Crippen LogP contribution in [0.1, 0.15) is 18.1 Å². The van der Waals surface area contributed by atoms with E-state index in [1.165, 1.54) is 13.0 Å². The van der Waals surface area contributed by atoms with Crippen LogP contribution in [0.25, 0.3) is 0 Å². The lowest BCUT2D eigenvalue weighted by Crippen LogP contribution is -2.36. The lowest BCUT2D eigenvalue weighted by Gasteiger charge is -2.25. The fourth-order valence-corrected chi connectivity index (χ4v) is 2.22. The molecule has 2 aromatic carbocycles. The second-order valence-electron chi connectivity index (χ2n) is 5.35. The molecule has 22 heavy (non-hydrogen) atoms. The smallest absolute Gasteiger partial charge is 0.132 e. The Kier molecular flexibility index (Phi) is 5.11. The molecule has 2 aromatic rings. The van der Waals surface area contributed by atoms with E-state index in [0.29, 0.717) is 6.54 Å². The fourth-order valence-electron chi connectivity index (χ4n) is 2.22. The highest BCUT2D eigenvalue weighted by Crippen LogP contribution is 2.23. The minimum Gasteiger partial charge on any atom is -0.497 e. The van der Waals surface area contributed by atoms with E-state index < -0.39 is 17.2 Å². The molecule has 1 unspecified atom stereocenters. The molecule has 0 aliphatic carbocycles. The molecule has 1 atom stereocenters. The lowest BCUT2D eigenvalue weighted by molar-refractivity contribution is 0.0528. The van der Waals surface area contributed by atoms with Gasteiger partial charge in [-0.15, -0.1) is 0 Å². The standard InChI is InChI=1S/C17H19F2NO2/c1-17(21,15-8-5-13(18)9-16(15)19)11-20-10-12-3-6-14(22-2)7-4-12/h3-9,20-21H,10-11H2,1-2H3. The Morgan fingerprint density at radius 1 is 1.14 bits per heavy atom. The second-order valence-corrected chi connectivity index (χ2v) is 5.35. The number of aliphatic hydroxyl groups is 1. The van der Waals surface area contributed by atoms with Crippen LogP contribution in [0.15, 0.2) is 42.5 Å². The number of halogens is 2. The Morgan fingerprint density at radius 2 is 1.82 bits per heavy atom. The maximum Gasteiger partial charge on any atom is 0.132 e. The molecule has 2 N–H and O–H groups in total. The van der Waals surface area contributed by atoms with E-state index in [1.54, 1.807) is 7.11 Å². The van der Waals surface area contributed by atoms with Crippen molar-refractivity contribution in [1.29, 1.82) is 0 Å². The van der Waals surface area contributed by atoms with Crippen molar-refractivity contribution in [2.75, 3.05) is 13.7 Å². The summed E-state index contributed by atoms with van der Waals surface area (Å²) in [6.45, 7) is 2.15. The first kappa shape index (κ1) is 16.4. The topological polar surface area (TPSA) is 41.5 Å². The van der Waals surface area contributed by atoms with Crippen molar-refractivity contribution in [1.82, 2.24) is 5.32 Å². The third-order valence-corrected chi connectivity index (χ3v) is 3.47. The number of ether oxygens (including phenoxy) is 1. The molecule has 0 bridgehead atoms. The van der Waals surface area contributed by atoms with E-state index in [4.69, 9.17) is 4.74 Å². The summed E-state index contributed by atoms with van der Waals surface area (Å²) in [5, 5.41) is 13.4. The zero-order chi connectivity index (χ0) is 16.2. The normalized spacial score (nSPS) is 13.7. The maximum atomic E-state index is 13.7. The molecule has 0 spiro atoms. The van der Waals surface area contributed by atoms with E-state index in [9.17, 15) is 13.9 Å². The summed E-state index contributed by atoms with van der Waals surface area (Å²) in [6.07, 6.45) is 0. The molecule has 5 heteroatoms. The fraction of sp³-hybridized carbons (Fsp3) is 0.294. The summed E-state index contributed by atoms with van der Waals surface area (Å²) in [5.74, 6) is -0.649. The van der Waals surface area contributed by atoms with E-state index in [-0.39, 0.29) is 12.1 Å². The number of methoxy groups -OCH3 is 1. The highest BCUT2D eigenvalue weighted by atomic mass is 19.1. The highest BCUT2D eigenvalue weighted by Gasteiger charge is 2.26. The van der Waals surface area contributed by atoms with Crippen molar-refractivity contribution in [3.05, 3.63) is 65.2 Å². The van der Waals surface area contributed by atoms with Gasteiger partial charge in [-0.3, -0.25) is 0 Å². The van der Waals surface area contributed by atoms with Crippen LogP contribution in [0.2, 0.25) is 0 Å². The Balaban J connectivity index is 1.96. The summed E-state index contributed by atoms with van der Waals surface area (Å²) >= 11 is 0. The number of hydrogen-bond acceptors (Lipinski definition) is 3. The average Bonchev–Trinajstić information content (AvgIpc) is 2.47.